The summed E-state index contributed by atoms with van der Waals surface area (Å²) in [6.45, 7) is 2.91. The maximum atomic E-state index is 14.4. The van der Waals surface area contributed by atoms with Gasteiger partial charge in [0.15, 0.2) is 0 Å². The number of amides is 2. The Kier molecular flexibility index (Phi) is 7.67. The van der Waals surface area contributed by atoms with Crippen molar-refractivity contribution in [3.05, 3.63) is 53.6 Å². The molecule has 5 atom stereocenters. The fourth-order valence-electron chi connectivity index (χ4n) is 6.54. The van der Waals surface area contributed by atoms with Crippen LogP contribution >= 0.6 is 11.6 Å². The first kappa shape index (κ1) is 26.9. The summed E-state index contributed by atoms with van der Waals surface area (Å²) in [6.07, 6.45) is 11.5. The average Bonchev–Trinajstić information content (AvgIpc) is 3.28. The number of anilines is 1. The molecule has 1 N–H and O–H groups in total. The molecule has 0 bridgehead atoms. The van der Waals surface area contributed by atoms with Gasteiger partial charge in [-0.05, 0) is 62.8 Å². The number of aliphatic hydroxyl groups excluding tert-OH is 1. The summed E-state index contributed by atoms with van der Waals surface area (Å²) in [5.41, 5.74) is -1.69. The summed E-state index contributed by atoms with van der Waals surface area (Å²) < 4.78 is 12.6. The van der Waals surface area contributed by atoms with Gasteiger partial charge in [-0.2, -0.15) is 0 Å². The molecule has 4 aliphatic rings. The Labute approximate surface area is 228 Å². The number of carbonyl (C=O) groups excluding carboxylic acids is 3. The van der Waals surface area contributed by atoms with Gasteiger partial charge in [0.2, 0.25) is 5.91 Å². The van der Waals surface area contributed by atoms with Crippen LogP contribution < -0.4 is 4.90 Å². The van der Waals surface area contributed by atoms with Crippen LogP contribution in [0.5, 0.6) is 0 Å². The number of likely N-dealkylation sites (tertiary alicyclic amines) is 1. The second-order valence-electron chi connectivity index (χ2n) is 10.5. The lowest BCUT2D eigenvalue weighted by Gasteiger charge is -2.38. The van der Waals surface area contributed by atoms with Crippen LogP contribution in [0.4, 0.5) is 5.69 Å². The van der Waals surface area contributed by atoms with Crippen LogP contribution in [0.1, 0.15) is 45.4 Å². The predicted octanol–water partition coefficient (Wildman–Crippen LogP) is 3.66. The Morgan fingerprint density at radius 2 is 1.82 bits per heavy atom. The average molecular weight is 543 g/mol. The fraction of sp³-hybridized carbons (Fsp3) is 0.552. The lowest BCUT2D eigenvalue weighted by Crippen LogP contribution is -2.56. The fourth-order valence-corrected chi connectivity index (χ4v) is 6.66. The molecule has 2 amide bonds. The van der Waals surface area contributed by atoms with Gasteiger partial charge in [0.25, 0.3) is 5.91 Å². The van der Waals surface area contributed by atoms with Crippen LogP contribution in [0.3, 0.4) is 0 Å². The lowest BCUT2D eigenvalue weighted by atomic mass is 9.73. The molecule has 38 heavy (non-hydrogen) atoms. The van der Waals surface area contributed by atoms with Gasteiger partial charge < -0.3 is 24.4 Å². The van der Waals surface area contributed by atoms with Gasteiger partial charge in [0.1, 0.15) is 23.2 Å². The number of halogens is 1. The molecule has 1 unspecified atom stereocenters. The van der Waals surface area contributed by atoms with E-state index in [0.717, 1.165) is 6.42 Å². The van der Waals surface area contributed by atoms with Crippen molar-refractivity contribution in [1.29, 1.82) is 0 Å². The number of unbranched alkanes of at least 4 members (excludes halogenated alkanes) is 2. The minimum Gasteiger partial charge on any atom is -0.465 e. The number of benzene rings is 1. The number of ether oxygens (including phenoxy) is 2. The quantitative estimate of drug-likeness (QED) is 0.321. The second kappa shape index (κ2) is 10.8. The van der Waals surface area contributed by atoms with E-state index < -0.39 is 35.0 Å². The SMILES string of the molecule is CC[C@@]12/C=C\CCCOC(=O)[C@@H]1[C@H]1C(=O)N(CCCCCO)C3C(=O)N(c4ccc(Cl)cc4)CC=C[C@@]31O2. The number of carbonyl (C=O) groups is 3. The van der Waals surface area contributed by atoms with Gasteiger partial charge in [-0.3, -0.25) is 14.4 Å². The summed E-state index contributed by atoms with van der Waals surface area (Å²) in [5.74, 6) is -2.72. The van der Waals surface area contributed by atoms with Gasteiger partial charge in [-0.25, -0.2) is 0 Å². The van der Waals surface area contributed by atoms with Crippen molar-refractivity contribution in [2.75, 3.05) is 31.2 Å². The van der Waals surface area contributed by atoms with E-state index >= 15 is 0 Å². The number of hydrogen-bond donors (Lipinski definition) is 1. The number of rotatable bonds is 7. The highest BCUT2D eigenvalue weighted by Crippen LogP contribution is 2.58. The minimum absolute atomic E-state index is 0.0678. The van der Waals surface area contributed by atoms with Crippen molar-refractivity contribution < 1.29 is 29.0 Å². The molecule has 204 valence electrons. The number of allylic oxidation sites excluding steroid dienone is 1. The van der Waals surface area contributed by atoms with Crippen molar-refractivity contribution in [2.24, 2.45) is 11.8 Å². The molecule has 8 nitrogen and oxygen atoms in total. The Balaban J connectivity index is 1.61. The zero-order valence-corrected chi connectivity index (χ0v) is 22.4. The monoisotopic (exact) mass is 542 g/mol. The summed E-state index contributed by atoms with van der Waals surface area (Å²) in [7, 11) is 0. The van der Waals surface area contributed by atoms with E-state index in [-0.39, 0.29) is 25.0 Å². The van der Waals surface area contributed by atoms with E-state index in [4.69, 9.17) is 21.1 Å². The molecular weight excluding hydrogens is 508 g/mol. The molecular formula is C29H35ClN2O6. The smallest absolute Gasteiger partial charge is 0.313 e. The van der Waals surface area contributed by atoms with E-state index in [1.165, 1.54) is 0 Å². The molecule has 4 heterocycles. The third-order valence-electron chi connectivity index (χ3n) is 8.33. The first-order valence-corrected chi connectivity index (χ1v) is 14.0. The maximum absolute atomic E-state index is 14.4. The molecule has 0 aromatic heterocycles. The predicted molar refractivity (Wildman–Crippen MR) is 143 cm³/mol. The van der Waals surface area contributed by atoms with E-state index in [1.54, 1.807) is 34.1 Å². The number of aliphatic hydroxyl groups is 1. The van der Waals surface area contributed by atoms with Crippen LogP contribution in [0.2, 0.25) is 5.02 Å². The van der Waals surface area contributed by atoms with Crippen molar-refractivity contribution >= 4 is 35.1 Å². The molecule has 1 aromatic rings. The first-order chi connectivity index (χ1) is 18.4. The van der Waals surface area contributed by atoms with Gasteiger partial charge >= 0.3 is 5.97 Å². The van der Waals surface area contributed by atoms with Gasteiger partial charge in [0.05, 0.1) is 12.5 Å². The second-order valence-corrected chi connectivity index (χ2v) is 10.9. The van der Waals surface area contributed by atoms with Crippen molar-refractivity contribution in [3.8, 4) is 0 Å². The highest BCUT2D eigenvalue weighted by atomic mass is 35.5. The number of cyclic esters (lactones) is 1. The van der Waals surface area contributed by atoms with Crippen molar-refractivity contribution in [3.63, 3.8) is 0 Å². The zero-order chi connectivity index (χ0) is 26.9. The third-order valence-corrected chi connectivity index (χ3v) is 8.58. The van der Waals surface area contributed by atoms with Crippen LogP contribution in [-0.4, -0.2) is 71.3 Å². The summed E-state index contributed by atoms with van der Waals surface area (Å²) in [5, 5.41) is 9.80. The number of fused-ring (bicyclic) bond motifs is 2. The Morgan fingerprint density at radius 3 is 2.55 bits per heavy atom. The molecule has 2 fully saturated rings. The number of esters is 1. The van der Waals surface area contributed by atoms with Gasteiger partial charge in [0, 0.05) is 30.4 Å². The Morgan fingerprint density at radius 1 is 1.03 bits per heavy atom. The van der Waals surface area contributed by atoms with Crippen LogP contribution in [0.25, 0.3) is 0 Å². The topological polar surface area (TPSA) is 96.4 Å². The van der Waals surface area contributed by atoms with Crippen LogP contribution in [0.15, 0.2) is 48.6 Å². The van der Waals surface area contributed by atoms with Gasteiger partial charge in [-0.1, -0.05) is 42.8 Å². The van der Waals surface area contributed by atoms with Crippen LogP contribution in [0, 0.1) is 11.8 Å². The molecule has 0 aliphatic carbocycles. The normalized spacial score (nSPS) is 33.6. The molecule has 0 saturated carbocycles. The van der Waals surface area contributed by atoms with Gasteiger partial charge in [-0.15, -0.1) is 0 Å². The molecule has 1 spiro atoms. The summed E-state index contributed by atoms with van der Waals surface area (Å²) in [4.78, 5) is 45.4. The Hall–Kier alpha value is -2.68. The van der Waals surface area contributed by atoms with E-state index in [0.29, 0.717) is 55.9 Å². The van der Waals surface area contributed by atoms with E-state index in [2.05, 4.69) is 0 Å². The largest absolute Gasteiger partial charge is 0.465 e. The molecule has 5 rings (SSSR count). The van der Waals surface area contributed by atoms with Crippen LogP contribution in [-0.2, 0) is 23.9 Å². The molecule has 2 saturated heterocycles. The minimum atomic E-state index is -1.31. The summed E-state index contributed by atoms with van der Waals surface area (Å²) in [6, 6.07) is 6.09. The Bertz CT molecular complexity index is 1140. The first-order valence-electron chi connectivity index (χ1n) is 13.6. The lowest BCUT2D eigenvalue weighted by molar-refractivity contribution is -0.159. The molecule has 0 radical (unpaired) electrons. The molecule has 9 heteroatoms. The zero-order valence-electron chi connectivity index (χ0n) is 21.7. The molecule has 4 aliphatic heterocycles. The van der Waals surface area contributed by atoms with E-state index in [1.807, 2.05) is 31.2 Å². The van der Waals surface area contributed by atoms with E-state index in [9.17, 15) is 19.5 Å². The highest BCUT2D eigenvalue weighted by Gasteiger charge is 2.75. The number of hydrogen-bond acceptors (Lipinski definition) is 6. The summed E-state index contributed by atoms with van der Waals surface area (Å²) >= 11 is 6.10. The van der Waals surface area contributed by atoms with Crippen molar-refractivity contribution in [1.82, 2.24) is 4.90 Å². The maximum Gasteiger partial charge on any atom is 0.313 e. The highest BCUT2D eigenvalue weighted by molar-refractivity contribution is 6.30. The van der Waals surface area contributed by atoms with Crippen molar-refractivity contribution in [2.45, 2.75) is 62.7 Å². The number of nitrogens with zero attached hydrogens (tertiary/aromatic N) is 2. The molecule has 1 aromatic carbocycles. The standard InChI is InChI=1S/C29H35ClN2O6/c1-2-28-14-5-3-8-19-37-27(36)23(28)22-25(34)32(16-6-4-7-18-33)24-26(35)31(17-9-15-29(22,24)38-28)21-12-10-20(30)11-13-21/h5,9-15,22-24,33H,2-4,6-8,16-19H2,1H3/b14-5-/t22-,23-,24?,28+,29-/m0/s1. The third kappa shape index (κ3) is 4.36.